The van der Waals surface area contributed by atoms with Gasteiger partial charge in [-0.15, -0.1) is 0 Å². The van der Waals surface area contributed by atoms with Gasteiger partial charge in [0, 0.05) is 26.2 Å². The van der Waals surface area contributed by atoms with Crippen LogP contribution in [0, 0.1) is 10.1 Å². The molecule has 0 unspecified atom stereocenters. The highest BCUT2D eigenvalue weighted by Gasteiger charge is 2.14. The summed E-state index contributed by atoms with van der Waals surface area (Å²) in [5, 5.41) is 10.5. The Kier molecular flexibility index (Phi) is 4.36. The maximum atomic E-state index is 11.5. The van der Waals surface area contributed by atoms with Crippen LogP contribution in [0.15, 0.2) is 24.3 Å². The van der Waals surface area contributed by atoms with Crippen molar-refractivity contribution in [2.45, 2.75) is 0 Å². The van der Waals surface area contributed by atoms with E-state index < -0.39 is 17.5 Å². The smallest absolute Gasteiger partial charge is 0.338 e. The van der Waals surface area contributed by atoms with Gasteiger partial charge in [0.25, 0.3) is 11.6 Å². The van der Waals surface area contributed by atoms with Gasteiger partial charge in [0.1, 0.15) is 0 Å². The lowest BCUT2D eigenvalue weighted by molar-refractivity contribution is -0.384. The first-order valence-corrected chi connectivity index (χ1v) is 5.03. The van der Waals surface area contributed by atoms with E-state index >= 15 is 0 Å². The van der Waals surface area contributed by atoms with E-state index in [9.17, 15) is 19.7 Å². The van der Waals surface area contributed by atoms with Gasteiger partial charge in [-0.25, -0.2) is 4.79 Å². The van der Waals surface area contributed by atoms with E-state index in [-0.39, 0.29) is 17.2 Å². The van der Waals surface area contributed by atoms with Gasteiger partial charge in [0.15, 0.2) is 6.61 Å². The van der Waals surface area contributed by atoms with Crippen LogP contribution in [-0.2, 0) is 9.53 Å². The molecule has 0 atom stereocenters. The number of likely N-dealkylation sites (N-methyl/N-ethyl adjacent to an activating group) is 1. The van der Waals surface area contributed by atoms with Crippen LogP contribution in [0.1, 0.15) is 10.4 Å². The van der Waals surface area contributed by atoms with Crippen LogP contribution in [-0.4, -0.2) is 42.4 Å². The van der Waals surface area contributed by atoms with Crippen LogP contribution >= 0.6 is 0 Å². The molecule has 1 amide bonds. The molecule has 0 aliphatic heterocycles. The van der Waals surface area contributed by atoms with Gasteiger partial charge in [-0.05, 0) is 6.07 Å². The summed E-state index contributed by atoms with van der Waals surface area (Å²) >= 11 is 0. The van der Waals surface area contributed by atoms with E-state index in [0.29, 0.717) is 0 Å². The van der Waals surface area contributed by atoms with E-state index in [2.05, 4.69) is 0 Å². The van der Waals surface area contributed by atoms with Gasteiger partial charge in [-0.3, -0.25) is 14.9 Å². The molecule has 0 heterocycles. The summed E-state index contributed by atoms with van der Waals surface area (Å²) in [5.74, 6) is -1.14. The van der Waals surface area contributed by atoms with Gasteiger partial charge >= 0.3 is 5.97 Å². The maximum Gasteiger partial charge on any atom is 0.338 e. The van der Waals surface area contributed by atoms with Crippen molar-refractivity contribution in [2.75, 3.05) is 20.7 Å². The number of carbonyl (C=O) groups is 2. The fourth-order valence-electron chi connectivity index (χ4n) is 1.09. The van der Waals surface area contributed by atoms with E-state index in [1.807, 2.05) is 0 Å². The molecule has 0 bridgehead atoms. The molecule has 0 aromatic heterocycles. The van der Waals surface area contributed by atoms with E-state index in [1.54, 1.807) is 0 Å². The minimum absolute atomic E-state index is 0.0377. The Morgan fingerprint density at radius 2 is 2.06 bits per heavy atom. The maximum absolute atomic E-state index is 11.5. The first kappa shape index (κ1) is 13.6. The molecular weight excluding hydrogens is 240 g/mol. The summed E-state index contributed by atoms with van der Waals surface area (Å²) in [7, 11) is 3.06. The number of carbonyl (C=O) groups excluding carboxylic acids is 2. The highest BCUT2D eigenvalue weighted by Crippen LogP contribution is 2.13. The summed E-state index contributed by atoms with van der Waals surface area (Å²) < 4.78 is 4.73. The molecule has 1 aromatic carbocycles. The van der Waals surface area contributed by atoms with Crippen LogP contribution in [0.3, 0.4) is 0 Å². The average Bonchev–Trinajstić information content (AvgIpc) is 2.35. The molecule has 1 aromatic rings. The van der Waals surface area contributed by atoms with Crippen LogP contribution in [0.2, 0.25) is 0 Å². The predicted molar refractivity (Wildman–Crippen MR) is 62.1 cm³/mol. The molecule has 0 saturated heterocycles. The third-order valence-electron chi connectivity index (χ3n) is 2.12. The number of nitro benzene ring substituents is 1. The van der Waals surface area contributed by atoms with Crippen LogP contribution in [0.4, 0.5) is 5.69 Å². The topological polar surface area (TPSA) is 89.8 Å². The molecule has 96 valence electrons. The van der Waals surface area contributed by atoms with Gasteiger partial charge in [-0.1, -0.05) is 6.07 Å². The molecule has 1 rings (SSSR count). The summed E-state index contributed by atoms with van der Waals surface area (Å²) in [5.41, 5.74) is -0.167. The summed E-state index contributed by atoms with van der Waals surface area (Å²) in [6, 6.07) is 5.13. The molecule has 7 nitrogen and oxygen atoms in total. The predicted octanol–water partition coefficient (Wildman–Crippen LogP) is 0.840. The Morgan fingerprint density at radius 3 is 2.61 bits per heavy atom. The second-order valence-corrected chi connectivity index (χ2v) is 3.67. The van der Waals surface area contributed by atoms with Gasteiger partial charge in [-0.2, -0.15) is 0 Å². The van der Waals surface area contributed by atoms with Gasteiger partial charge in [0.05, 0.1) is 10.5 Å². The van der Waals surface area contributed by atoms with Crippen LogP contribution in [0.25, 0.3) is 0 Å². The van der Waals surface area contributed by atoms with Crippen molar-refractivity contribution in [2.24, 2.45) is 0 Å². The number of amides is 1. The lowest BCUT2D eigenvalue weighted by Gasteiger charge is -2.10. The number of esters is 1. The zero-order chi connectivity index (χ0) is 13.7. The van der Waals surface area contributed by atoms with Crippen molar-refractivity contribution in [3.8, 4) is 0 Å². The third-order valence-corrected chi connectivity index (χ3v) is 2.12. The summed E-state index contributed by atoms with van der Waals surface area (Å²) in [4.78, 5) is 33.9. The molecule has 0 fully saturated rings. The van der Waals surface area contributed by atoms with Gasteiger partial charge < -0.3 is 9.64 Å². The fraction of sp³-hybridized carbons (Fsp3) is 0.273. The Labute approximate surface area is 103 Å². The lowest BCUT2D eigenvalue weighted by atomic mass is 10.2. The van der Waals surface area contributed by atoms with Crippen molar-refractivity contribution in [1.82, 2.24) is 4.90 Å². The first-order chi connectivity index (χ1) is 8.41. The zero-order valence-corrected chi connectivity index (χ0v) is 9.95. The number of ether oxygens (including phenoxy) is 1. The fourth-order valence-corrected chi connectivity index (χ4v) is 1.09. The van der Waals surface area contributed by atoms with Crippen LogP contribution in [0.5, 0.6) is 0 Å². The Balaban J connectivity index is 2.70. The number of benzene rings is 1. The minimum atomic E-state index is -0.770. The molecule has 0 aliphatic carbocycles. The Bertz CT molecular complexity index is 484. The summed E-state index contributed by atoms with van der Waals surface area (Å²) in [6.07, 6.45) is 0. The monoisotopic (exact) mass is 252 g/mol. The van der Waals surface area contributed by atoms with Crippen molar-refractivity contribution >= 4 is 17.6 Å². The number of rotatable bonds is 4. The van der Waals surface area contributed by atoms with Crippen molar-refractivity contribution < 1.29 is 19.2 Å². The normalized spacial score (nSPS) is 9.67. The van der Waals surface area contributed by atoms with Gasteiger partial charge in [0.2, 0.25) is 0 Å². The molecule has 0 radical (unpaired) electrons. The largest absolute Gasteiger partial charge is 0.452 e. The molecular formula is C11H12N2O5. The van der Waals surface area contributed by atoms with E-state index in [1.165, 1.54) is 37.2 Å². The van der Waals surface area contributed by atoms with E-state index in [0.717, 1.165) is 6.07 Å². The molecule has 18 heavy (non-hydrogen) atoms. The number of hydrogen-bond donors (Lipinski definition) is 0. The highest BCUT2D eigenvalue weighted by atomic mass is 16.6. The zero-order valence-electron chi connectivity index (χ0n) is 9.95. The molecule has 7 heteroatoms. The number of hydrogen-bond acceptors (Lipinski definition) is 5. The number of nitro groups is 1. The summed E-state index contributed by atoms with van der Waals surface area (Å²) in [6.45, 7) is -0.394. The lowest BCUT2D eigenvalue weighted by Crippen LogP contribution is -2.27. The van der Waals surface area contributed by atoms with Crippen LogP contribution < -0.4 is 0 Å². The van der Waals surface area contributed by atoms with Crippen molar-refractivity contribution in [3.05, 3.63) is 39.9 Å². The molecule has 0 N–H and O–H groups in total. The molecule has 0 aliphatic rings. The van der Waals surface area contributed by atoms with Crippen molar-refractivity contribution in [1.29, 1.82) is 0 Å². The number of nitrogens with zero attached hydrogens (tertiary/aromatic N) is 2. The quantitative estimate of drug-likeness (QED) is 0.450. The second kappa shape index (κ2) is 5.76. The average molecular weight is 252 g/mol. The standard InChI is InChI=1S/C11H12N2O5/c1-12(2)10(14)7-18-11(15)8-4-3-5-9(6-8)13(16)17/h3-6H,7H2,1-2H3. The molecule has 0 spiro atoms. The second-order valence-electron chi connectivity index (χ2n) is 3.67. The third kappa shape index (κ3) is 3.55. The minimum Gasteiger partial charge on any atom is -0.452 e. The Hall–Kier alpha value is -2.44. The number of non-ortho nitro benzene ring substituents is 1. The highest BCUT2D eigenvalue weighted by molar-refractivity contribution is 5.91. The van der Waals surface area contributed by atoms with Crippen molar-refractivity contribution in [3.63, 3.8) is 0 Å². The first-order valence-electron chi connectivity index (χ1n) is 5.03. The van der Waals surface area contributed by atoms with E-state index in [4.69, 9.17) is 4.74 Å². The Morgan fingerprint density at radius 1 is 1.39 bits per heavy atom. The SMILES string of the molecule is CN(C)C(=O)COC(=O)c1cccc([N+](=O)[O-])c1. The molecule has 0 saturated carbocycles.